The maximum Gasteiger partial charge on any atom is 0.281 e. The predicted octanol–water partition coefficient (Wildman–Crippen LogP) is 11.3. The van der Waals surface area contributed by atoms with Gasteiger partial charge >= 0.3 is 0 Å². The number of rotatable bonds is 12. The van der Waals surface area contributed by atoms with Gasteiger partial charge in [0.1, 0.15) is 0 Å². The number of hydrogen-bond acceptors (Lipinski definition) is 2. The molecule has 4 radical (unpaired) electrons. The molecule has 0 heterocycles. The Kier molecular flexibility index (Phi) is 21.8. The molecule has 6 aromatic carbocycles. The zero-order valence-corrected chi connectivity index (χ0v) is 30.4. The van der Waals surface area contributed by atoms with Gasteiger partial charge in [-0.15, -0.1) is 0 Å². The molecule has 0 N–H and O–H groups in total. The fourth-order valence-electron chi connectivity index (χ4n) is 5.39. The van der Waals surface area contributed by atoms with E-state index in [0.717, 1.165) is 0 Å². The van der Waals surface area contributed by atoms with Crippen LogP contribution in [0.25, 0.3) is 0 Å². The van der Waals surface area contributed by atoms with Crippen molar-refractivity contribution in [2.45, 2.75) is 37.0 Å². The maximum absolute atomic E-state index is 7.50. The molecule has 2 nitrogen and oxygen atoms in total. The third kappa shape index (κ3) is 16.8. The van der Waals surface area contributed by atoms with E-state index in [1.54, 1.807) is 0 Å². The summed E-state index contributed by atoms with van der Waals surface area (Å²) in [5, 5.41) is 0. The van der Waals surface area contributed by atoms with Crippen LogP contribution in [-0.4, -0.2) is 13.6 Å². The standard InChI is InChI=1S/2C21H21P.2CO.Ni/c2*1-4-10-19(11-5-1)16-22(17-20-12-6-2-7-13-20)18-21-14-8-3-9-15-21;2*1-2;/h2*1-15H,16-18H2;;;. The van der Waals surface area contributed by atoms with Crippen LogP contribution in [0.4, 0.5) is 0 Å². The second-order valence-electron chi connectivity index (χ2n) is 11.2. The van der Waals surface area contributed by atoms with Crippen LogP contribution in [0, 0.1) is 0 Å². The fraction of sp³-hybridized carbons (Fsp3) is 0.136. The van der Waals surface area contributed by atoms with Crippen molar-refractivity contribution in [3.8, 4) is 0 Å². The molecule has 0 saturated carbocycles. The van der Waals surface area contributed by atoms with Crippen LogP contribution >= 0.6 is 15.8 Å². The van der Waals surface area contributed by atoms with Gasteiger partial charge < -0.3 is 0 Å². The van der Waals surface area contributed by atoms with E-state index >= 15 is 0 Å². The van der Waals surface area contributed by atoms with Crippen molar-refractivity contribution in [3.63, 3.8) is 0 Å². The normalized spacial score (nSPS) is 9.84. The molecule has 0 fully saturated rings. The Morgan fingerprint density at radius 2 is 0.388 bits per heavy atom. The van der Waals surface area contributed by atoms with E-state index in [-0.39, 0.29) is 32.3 Å². The Balaban J connectivity index is 0.000000303. The Hall–Kier alpha value is -3.99. The summed E-state index contributed by atoms with van der Waals surface area (Å²) in [6.07, 6.45) is 7.17. The molecule has 250 valence electrons. The number of carbonyl (C=O) groups excluding carboxylic acids is 2. The summed E-state index contributed by atoms with van der Waals surface area (Å²) in [5.74, 6) is 0. The first kappa shape index (κ1) is 41.2. The van der Waals surface area contributed by atoms with Crippen LogP contribution < -0.4 is 0 Å². The molecular formula is C44H42NiO2P2. The summed E-state index contributed by atoms with van der Waals surface area (Å²) < 4.78 is 0. The van der Waals surface area contributed by atoms with Crippen LogP contribution in [0.2, 0.25) is 0 Å². The third-order valence-corrected chi connectivity index (χ3v) is 12.4. The molecule has 0 unspecified atom stereocenters. The Morgan fingerprint density at radius 3 is 0.510 bits per heavy atom. The Labute approximate surface area is 306 Å². The molecular weight excluding hydrogens is 681 g/mol. The van der Waals surface area contributed by atoms with Crippen molar-refractivity contribution in [2.24, 2.45) is 0 Å². The van der Waals surface area contributed by atoms with Crippen molar-refractivity contribution in [2.75, 3.05) is 0 Å². The molecule has 6 aromatic rings. The van der Waals surface area contributed by atoms with Gasteiger partial charge in [0.2, 0.25) is 0 Å². The summed E-state index contributed by atoms with van der Waals surface area (Å²) in [7, 11) is -0.179. The molecule has 0 aliphatic rings. The van der Waals surface area contributed by atoms with Gasteiger partial charge in [0.15, 0.2) is 0 Å². The number of hydrogen-bond donors (Lipinski definition) is 0. The first-order valence-electron chi connectivity index (χ1n) is 15.9. The van der Waals surface area contributed by atoms with Crippen LogP contribution in [0.1, 0.15) is 33.4 Å². The van der Waals surface area contributed by atoms with E-state index < -0.39 is 0 Å². The van der Waals surface area contributed by atoms with Crippen molar-refractivity contribution in [3.05, 3.63) is 215 Å². The van der Waals surface area contributed by atoms with Gasteiger partial charge in [0, 0.05) is 16.5 Å². The van der Waals surface area contributed by atoms with Crippen molar-refractivity contribution >= 4 is 29.4 Å². The van der Waals surface area contributed by atoms with Gasteiger partial charge in [-0.1, -0.05) is 198 Å². The molecule has 0 atom stereocenters. The van der Waals surface area contributed by atoms with Crippen LogP contribution in [0.5, 0.6) is 0 Å². The minimum absolute atomic E-state index is 0. The predicted molar refractivity (Wildman–Crippen MR) is 206 cm³/mol. The van der Waals surface area contributed by atoms with Crippen molar-refractivity contribution in [1.29, 1.82) is 0 Å². The van der Waals surface area contributed by atoms with E-state index in [0.29, 0.717) is 0 Å². The second kappa shape index (κ2) is 26.0. The largest absolute Gasteiger partial charge is 0.281 e. The molecule has 0 amide bonds. The maximum atomic E-state index is 7.50. The molecule has 0 aromatic heterocycles. The third-order valence-electron chi connectivity index (χ3n) is 7.49. The fourth-order valence-corrected chi connectivity index (χ4v) is 10.4. The first-order chi connectivity index (χ1) is 23.8. The summed E-state index contributed by atoms with van der Waals surface area (Å²) in [5.41, 5.74) is 8.75. The average Bonchev–Trinajstić information content (AvgIpc) is 3.16. The van der Waals surface area contributed by atoms with E-state index in [2.05, 4.69) is 196 Å². The molecule has 6 rings (SSSR count). The van der Waals surface area contributed by atoms with Crippen LogP contribution in [-0.2, 0) is 63.1 Å². The molecule has 5 heteroatoms. The van der Waals surface area contributed by atoms with E-state index in [1.165, 1.54) is 70.4 Å². The Morgan fingerprint density at radius 1 is 0.265 bits per heavy atom. The summed E-state index contributed by atoms with van der Waals surface area (Å²) >= 11 is 0. The molecule has 0 saturated heterocycles. The molecule has 0 spiro atoms. The zero-order valence-electron chi connectivity index (χ0n) is 27.6. The zero-order chi connectivity index (χ0) is 34.1. The van der Waals surface area contributed by atoms with Gasteiger partial charge in [-0.3, -0.25) is 9.59 Å². The first-order valence-corrected chi connectivity index (χ1v) is 19.7. The number of benzene rings is 6. The second-order valence-corrected chi connectivity index (χ2v) is 15.8. The topological polar surface area (TPSA) is 34.1 Å². The average molecular weight is 723 g/mol. The van der Waals surface area contributed by atoms with Crippen molar-refractivity contribution < 1.29 is 26.1 Å². The van der Waals surface area contributed by atoms with Gasteiger partial charge in [-0.2, -0.15) is 0 Å². The summed E-state index contributed by atoms with van der Waals surface area (Å²) in [6, 6.07) is 65.4. The minimum Gasteiger partial charge on any atom is -0.281 e. The molecule has 0 aliphatic heterocycles. The van der Waals surface area contributed by atoms with Gasteiger partial charge in [0.25, 0.3) is 13.6 Å². The Bertz CT molecular complexity index is 1300. The van der Waals surface area contributed by atoms with Crippen LogP contribution in [0.15, 0.2) is 182 Å². The quantitative estimate of drug-likeness (QED) is 0.0931. The van der Waals surface area contributed by atoms with Gasteiger partial charge in [-0.05, 0) is 70.4 Å². The van der Waals surface area contributed by atoms with E-state index in [1.807, 2.05) is 0 Å². The summed E-state index contributed by atoms with van der Waals surface area (Å²) in [6.45, 7) is 9.00. The smallest absolute Gasteiger partial charge is 0.281 e. The SMILES string of the molecule is [C]=O.[C]=O.[Ni].c1ccc(CP(Cc2ccccc2)Cc2ccccc2)cc1.c1ccc(CP(Cc2ccccc2)Cc2ccccc2)cc1. The summed E-state index contributed by atoms with van der Waals surface area (Å²) in [4.78, 5) is 15.0. The molecule has 0 aliphatic carbocycles. The van der Waals surface area contributed by atoms with Crippen molar-refractivity contribution in [1.82, 2.24) is 0 Å². The van der Waals surface area contributed by atoms with E-state index in [9.17, 15) is 0 Å². The monoisotopic (exact) mass is 722 g/mol. The molecule has 0 bridgehead atoms. The van der Waals surface area contributed by atoms with E-state index in [4.69, 9.17) is 9.59 Å². The minimum atomic E-state index is -0.0895. The van der Waals surface area contributed by atoms with Crippen LogP contribution in [0.3, 0.4) is 0 Å². The van der Waals surface area contributed by atoms with Gasteiger partial charge in [0.05, 0.1) is 0 Å². The van der Waals surface area contributed by atoms with Gasteiger partial charge in [-0.25, -0.2) is 0 Å². The molecule has 49 heavy (non-hydrogen) atoms.